The molecule has 0 radical (unpaired) electrons. The van der Waals surface area contributed by atoms with Crippen LogP contribution >= 0.6 is 0 Å². The van der Waals surface area contributed by atoms with Crippen molar-refractivity contribution in [3.05, 3.63) is 48.0 Å². The maximum atomic E-state index is 13.3. The number of hydrogen-bond acceptors (Lipinski definition) is 4. The third-order valence-corrected chi connectivity index (χ3v) is 5.92. The summed E-state index contributed by atoms with van der Waals surface area (Å²) in [4.78, 5) is 29.4. The number of carbonyl (C=O) groups is 2. The Morgan fingerprint density at radius 2 is 1.93 bits per heavy atom. The first kappa shape index (κ1) is 21.5. The maximum Gasteiger partial charge on any atom is 0.234 e. The van der Waals surface area contributed by atoms with Crippen LogP contribution in [0.2, 0.25) is 0 Å². The van der Waals surface area contributed by atoms with Crippen LogP contribution < -0.4 is 5.32 Å². The smallest absolute Gasteiger partial charge is 0.234 e. The van der Waals surface area contributed by atoms with Gasteiger partial charge in [-0.1, -0.05) is 42.5 Å². The van der Waals surface area contributed by atoms with E-state index in [9.17, 15) is 9.59 Å². The van der Waals surface area contributed by atoms with Gasteiger partial charge in [0.05, 0.1) is 13.2 Å². The maximum absolute atomic E-state index is 13.3. The van der Waals surface area contributed by atoms with E-state index < -0.39 is 0 Å². The van der Waals surface area contributed by atoms with Gasteiger partial charge in [-0.05, 0) is 43.8 Å². The van der Waals surface area contributed by atoms with Crippen LogP contribution in [0.15, 0.2) is 42.5 Å². The third-order valence-electron chi connectivity index (χ3n) is 5.92. The van der Waals surface area contributed by atoms with Crippen molar-refractivity contribution < 1.29 is 14.3 Å². The van der Waals surface area contributed by atoms with Gasteiger partial charge in [0.25, 0.3) is 0 Å². The van der Waals surface area contributed by atoms with E-state index in [0.717, 1.165) is 32.4 Å². The molecule has 2 aliphatic heterocycles. The van der Waals surface area contributed by atoms with Gasteiger partial charge in [0.2, 0.25) is 11.8 Å². The van der Waals surface area contributed by atoms with Crippen molar-refractivity contribution in [2.45, 2.75) is 25.8 Å². The number of methoxy groups -OCH3 is 1. The summed E-state index contributed by atoms with van der Waals surface area (Å²) < 4.78 is 4.96. The number of likely N-dealkylation sites (tertiary alicyclic amines) is 1. The number of hydrogen-bond donors (Lipinski definition) is 1. The molecule has 1 N–H and O–H groups in total. The Hall–Kier alpha value is -2.18. The lowest BCUT2D eigenvalue weighted by Gasteiger charge is -2.36. The van der Waals surface area contributed by atoms with Gasteiger partial charge in [-0.3, -0.25) is 14.5 Å². The zero-order valence-corrected chi connectivity index (χ0v) is 17.4. The molecule has 6 heteroatoms. The zero-order valence-electron chi connectivity index (χ0n) is 17.4. The lowest BCUT2D eigenvalue weighted by Crippen LogP contribution is -2.45. The zero-order chi connectivity index (χ0) is 20.5. The van der Waals surface area contributed by atoms with E-state index in [0.29, 0.717) is 38.7 Å². The van der Waals surface area contributed by atoms with Gasteiger partial charge in [0, 0.05) is 32.7 Å². The quantitative estimate of drug-likeness (QED) is 0.537. The van der Waals surface area contributed by atoms with Gasteiger partial charge in [-0.2, -0.15) is 0 Å². The molecular formula is C23H33N3O3. The molecule has 1 saturated heterocycles. The lowest BCUT2D eigenvalue weighted by atomic mass is 9.81. The summed E-state index contributed by atoms with van der Waals surface area (Å²) in [5.41, 5.74) is 1.17. The van der Waals surface area contributed by atoms with Crippen molar-refractivity contribution in [1.29, 1.82) is 0 Å². The highest BCUT2D eigenvalue weighted by molar-refractivity contribution is 5.80. The van der Waals surface area contributed by atoms with Crippen LogP contribution in [0.3, 0.4) is 0 Å². The number of allylic oxidation sites excluding steroid dienone is 1. The molecule has 0 bridgehead atoms. The Morgan fingerprint density at radius 3 is 2.66 bits per heavy atom. The highest BCUT2D eigenvalue weighted by Gasteiger charge is 2.34. The minimum atomic E-state index is 0.0445. The molecule has 0 saturated carbocycles. The highest BCUT2D eigenvalue weighted by Crippen LogP contribution is 2.31. The van der Waals surface area contributed by atoms with Crippen molar-refractivity contribution in [2.24, 2.45) is 11.8 Å². The van der Waals surface area contributed by atoms with Gasteiger partial charge in [0.1, 0.15) is 0 Å². The average Bonchev–Trinajstić information content (AvgIpc) is 2.91. The van der Waals surface area contributed by atoms with Crippen molar-refractivity contribution in [3.63, 3.8) is 0 Å². The molecule has 1 aromatic rings. The molecule has 0 aromatic heterocycles. The predicted octanol–water partition coefficient (Wildman–Crippen LogP) is 2.07. The summed E-state index contributed by atoms with van der Waals surface area (Å²) >= 11 is 0. The molecular weight excluding hydrogens is 366 g/mol. The van der Waals surface area contributed by atoms with Crippen LogP contribution in [0.5, 0.6) is 0 Å². The van der Waals surface area contributed by atoms with Gasteiger partial charge in [0.15, 0.2) is 0 Å². The first-order valence-corrected chi connectivity index (χ1v) is 10.6. The van der Waals surface area contributed by atoms with Gasteiger partial charge < -0.3 is 15.0 Å². The molecule has 29 heavy (non-hydrogen) atoms. The molecule has 158 valence electrons. The summed E-state index contributed by atoms with van der Waals surface area (Å²) in [5, 5.41) is 2.87. The minimum absolute atomic E-state index is 0.0445. The van der Waals surface area contributed by atoms with Gasteiger partial charge in [-0.15, -0.1) is 0 Å². The first-order valence-electron chi connectivity index (χ1n) is 10.6. The van der Waals surface area contributed by atoms with Crippen LogP contribution in [0.4, 0.5) is 0 Å². The van der Waals surface area contributed by atoms with E-state index in [1.54, 1.807) is 7.11 Å². The van der Waals surface area contributed by atoms with E-state index in [2.05, 4.69) is 34.5 Å². The fraction of sp³-hybridized carbons (Fsp3) is 0.565. The van der Waals surface area contributed by atoms with Crippen molar-refractivity contribution in [2.75, 3.05) is 46.4 Å². The number of benzene rings is 1. The van der Waals surface area contributed by atoms with E-state index >= 15 is 0 Å². The van der Waals surface area contributed by atoms with Crippen LogP contribution in [-0.4, -0.2) is 68.1 Å². The van der Waals surface area contributed by atoms with Crippen LogP contribution in [-0.2, 0) is 20.9 Å². The molecule has 3 rings (SSSR count). The number of piperidine rings is 1. The Labute approximate surface area is 173 Å². The lowest BCUT2D eigenvalue weighted by molar-refractivity contribution is -0.138. The van der Waals surface area contributed by atoms with Gasteiger partial charge >= 0.3 is 0 Å². The topological polar surface area (TPSA) is 61.9 Å². The Morgan fingerprint density at radius 1 is 1.17 bits per heavy atom. The van der Waals surface area contributed by atoms with Gasteiger partial charge in [-0.25, -0.2) is 0 Å². The van der Waals surface area contributed by atoms with Crippen LogP contribution in [0, 0.1) is 11.8 Å². The monoisotopic (exact) mass is 399 g/mol. The van der Waals surface area contributed by atoms with E-state index in [-0.39, 0.29) is 17.7 Å². The second-order valence-corrected chi connectivity index (χ2v) is 7.97. The summed E-state index contributed by atoms with van der Waals surface area (Å²) in [6, 6.07) is 10.2. The normalized spacial score (nSPS) is 21.2. The molecule has 0 unspecified atom stereocenters. The fourth-order valence-electron chi connectivity index (χ4n) is 4.28. The molecule has 1 fully saturated rings. The molecule has 2 aliphatic rings. The highest BCUT2D eigenvalue weighted by atomic mass is 16.5. The molecule has 1 aromatic carbocycles. The summed E-state index contributed by atoms with van der Waals surface area (Å²) in [5.74, 6) is 0.754. The molecule has 1 atom stereocenters. The number of amides is 2. The van der Waals surface area contributed by atoms with Crippen molar-refractivity contribution >= 4 is 11.8 Å². The largest absolute Gasteiger partial charge is 0.383 e. The van der Waals surface area contributed by atoms with E-state index in [4.69, 9.17) is 4.74 Å². The van der Waals surface area contributed by atoms with E-state index in [1.807, 2.05) is 23.1 Å². The third kappa shape index (κ3) is 6.41. The van der Waals surface area contributed by atoms with E-state index in [1.165, 1.54) is 5.56 Å². The average molecular weight is 400 g/mol. The first-order chi connectivity index (χ1) is 14.2. The Kier molecular flexibility index (Phi) is 8.25. The second-order valence-electron chi connectivity index (χ2n) is 7.97. The number of rotatable bonds is 8. The number of ether oxygens (including phenoxy) is 1. The summed E-state index contributed by atoms with van der Waals surface area (Å²) in [6.45, 7) is 4.60. The molecule has 0 spiro atoms. The SMILES string of the molecule is COCCNC(=O)CN1CCC([C@H]2CC=CCN(Cc3ccccc3)C2=O)CC1. The summed E-state index contributed by atoms with van der Waals surface area (Å²) in [7, 11) is 1.63. The van der Waals surface area contributed by atoms with Crippen molar-refractivity contribution in [1.82, 2.24) is 15.1 Å². The number of nitrogens with zero attached hydrogens (tertiary/aromatic N) is 2. The number of nitrogens with one attached hydrogen (secondary N) is 1. The fourth-order valence-corrected chi connectivity index (χ4v) is 4.28. The second kappa shape index (κ2) is 11.1. The minimum Gasteiger partial charge on any atom is -0.383 e. The summed E-state index contributed by atoms with van der Waals surface area (Å²) in [6.07, 6.45) is 7.05. The molecule has 2 amide bonds. The number of carbonyl (C=O) groups excluding carboxylic acids is 2. The van der Waals surface area contributed by atoms with Crippen molar-refractivity contribution in [3.8, 4) is 0 Å². The molecule has 0 aliphatic carbocycles. The van der Waals surface area contributed by atoms with Crippen LogP contribution in [0.1, 0.15) is 24.8 Å². The Balaban J connectivity index is 1.50. The molecule has 2 heterocycles. The Bertz CT molecular complexity index is 684. The van der Waals surface area contributed by atoms with Crippen LogP contribution in [0.25, 0.3) is 0 Å². The standard InChI is InChI=1S/C23H33N3O3/c1-29-16-12-24-22(27)18-25-14-10-20(11-15-25)21-9-5-6-13-26(23(21)28)17-19-7-3-2-4-8-19/h2-8,20-21H,9-18H2,1H3,(H,24,27)/t21-/m1/s1. The predicted molar refractivity (Wildman–Crippen MR) is 113 cm³/mol. The molecule has 6 nitrogen and oxygen atoms in total.